The fourth-order valence-electron chi connectivity index (χ4n) is 1.49. The van der Waals surface area contributed by atoms with Crippen molar-refractivity contribution in [2.45, 2.75) is 31.1 Å². The van der Waals surface area contributed by atoms with E-state index in [9.17, 15) is 4.21 Å². The van der Waals surface area contributed by atoms with Crippen LogP contribution in [0.4, 0.5) is 5.69 Å². The van der Waals surface area contributed by atoms with E-state index in [4.69, 9.17) is 10.5 Å². The summed E-state index contributed by atoms with van der Waals surface area (Å²) in [6.07, 6.45) is 1.63. The maximum absolute atomic E-state index is 11.6. The average molecular weight is 241 g/mol. The smallest absolute Gasteiger partial charge is 0.157 e. The van der Waals surface area contributed by atoms with Gasteiger partial charge in [0.25, 0.3) is 0 Å². The summed E-state index contributed by atoms with van der Waals surface area (Å²) in [4.78, 5) is 0.660. The average Bonchev–Trinajstić information content (AvgIpc) is 2.14. The van der Waals surface area contributed by atoms with Crippen molar-refractivity contribution in [3.63, 3.8) is 0 Å². The number of hydrogen-bond donors (Lipinski definition) is 1. The van der Waals surface area contributed by atoms with Crippen molar-refractivity contribution in [2.75, 3.05) is 19.1 Å². The second-order valence-electron chi connectivity index (χ2n) is 4.80. The molecule has 4 heteroatoms. The first kappa shape index (κ1) is 13.0. The molecule has 0 aliphatic heterocycles. The Bertz CT molecular complexity index is 422. The third-order valence-electron chi connectivity index (χ3n) is 2.46. The van der Waals surface area contributed by atoms with Crippen LogP contribution in [0.15, 0.2) is 17.0 Å². The van der Waals surface area contributed by atoms with Crippen LogP contribution < -0.4 is 10.5 Å². The van der Waals surface area contributed by atoms with Crippen LogP contribution in [0, 0.1) is 0 Å². The number of anilines is 1. The van der Waals surface area contributed by atoms with Crippen LogP contribution in [0.2, 0.25) is 0 Å². The Balaban J connectivity index is 3.46. The van der Waals surface area contributed by atoms with Crippen LogP contribution in [0.25, 0.3) is 0 Å². The Morgan fingerprint density at radius 1 is 1.31 bits per heavy atom. The molecule has 0 saturated heterocycles. The van der Waals surface area contributed by atoms with Crippen LogP contribution in [0.1, 0.15) is 26.3 Å². The van der Waals surface area contributed by atoms with Crippen LogP contribution in [-0.4, -0.2) is 17.6 Å². The molecule has 0 radical (unpaired) electrons. The van der Waals surface area contributed by atoms with E-state index >= 15 is 0 Å². The maximum atomic E-state index is 11.6. The highest BCUT2D eigenvalue weighted by Crippen LogP contribution is 2.34. The molecule has 1 aromatic carbocycles. The highest BCUT2D eigenvalue weighted by Gasteiger charge is 2.19. The van der Waals surface area contributed by atoms with Crippen molar-refractivity contribution >= 4 is 16.5 Å². The van der Waals surface area contributed by atoms with Gasteiger partial charge in [0.05, 0.1) is 28.5 Å². The maximum Gasteiger partial charge on any atom is 0.157 e. The van der Waals surface area contributed by atoms with Gasteiger partial charge in [-0.25, -0.2) is 0 Å². The summed E-state index contributed by atoms with van der Waals surface area (Å²) in [5.74, 6) is 0.522. The predicted molar refractivity (Wildman–Crippen MR) is 68.4 cm³/mol. The van der Waals surface area contributed by atoms with Gasteiger partial charge in [-0.15, -0.1) is 0 Å². The lowest BCUT2D eigenvalue weighted by Crippen LogP contribution is -2.13. The fourth-order valence-corrected chi connectivity index (χ4v) is 2.24. The molecule has 0 bridgehead atoms. The third kappa shape index (κ3) is 2.55. The molecule has 0 unspecified atom stereocenters. The molecule has 0 amide bonds. The Morgan fingerprint density at radius 3 is 2.25 bits per heavy atom. The van der Waals surface area contributed by atoms with E-state index in [1.165, 1.54) is 0 Å². The summed E-state index contributed by atoms with van der Waals surface area (Å²) in [6, 6.07) is 3.79. The predicted octanol–water partition coefficient (Wildman–Crippen LogP) is 2.31. The van der Waals surface area contributed by atoms with Crippen LogP contribution in [-0.2, 0) is 16.2 Å². The van der Waals surface area contributed by atoms with Crippen molar-refractivity contribution < 1.29 is 8.95 Å². The van der Waals surface area contributed by atoms with E-state index in [2.05, 4.69) is 20.8 Å². The summed E-state index contributed by atoms with van der Waals surface area (Å²) >= 11 is 0. The van der Waals surface area contributed by atoms with Crippen LogP contribution in [0.3, 0.4) is 0 Å². The minimum absolute atomic E-state index is 0.0193. The summed E-state index contributed by atoms with van der Waals surface area (Å²) in [6.45, 7) is 6.28. The molecule has 1 rings (SSSR count). The Morgan fingerprint density at radius 2 is 1.88 bits per heavy atom. The molecule has 0 aliphatic rings. The number of methoxy groups -OCH3 is 1. The summed E-state index contributed by atoms with van der Waals surface area (Å²) in [5, 5.41) is 0. The lowest BCUT2D eigenvalue weighted by Gasteiger charge is -2.21. The molecular formula is C12H19NO2S. The number of ether oxygens (including phenoxy) is 1. The highest BCUT2D eigenvalue weighted by molar-refractivity contribution is 7.84. The SMILES string of the molecule is COc1c(N)cc(C(C)(C)C)cc1[S@](C)=O. The summed E-state index contributed by atoms with van der Waals surface area (Å²) in [7, 11) is 0.440. The molecular weight excluding hydrogens is 222 g/mol. The Hall–Kier alpha value is -1.03. The minimum Gasteiger partial charge on any atom is -0.493 e. The van der Waals surface area contributed by atoms with E-state index < -0.39 is 10.8 Å². The second-order valence-corrected chi connectivity index (χ2v) is 6.15. The quantitative estimate of drug-likeness (QED) is 0.808. The Kier molecular flexibility index (Phi) is 3.63. The van der Waals surface area contributed by atoms with E-state index in [-0.39, 0.29) is 5.41 Å². The second kappa shape index (κ2) is 4.45. The molecule has 0 heterocycles. The molecule has 1 aromatic rings. The number of rotatable bonds is 2. The zero-order valence-corrected chi connectivity index (χ0v) is 11.3. The molecule has 0 saturated carbocycles. The lowest BCUT2D eigenvalue weighted by molar-refractivity contribution is 0.405. The molecule has 0 aliphatic carbocycles. The van der Waals surface area contributed by atoms with Gasteiger partial charge in [0.1, 0.15) is 0 Å². The molecule has 3 nitrogen and oxygen atoms in total. The zero-order valence-electron chi connectivity index (χ0n) is 10.5. The summed E-state index contributed by atoms with van der Waals surface area (Å²) < 4.78 is 16.8. The van der Waals surface area contributed by atoms with E-state index in [1.807, 2.05) is 12.1 Å². The largest absolute Gasteiger partial charge is 0.493 e. The van der Waals surface area contributed by atoms with Gasteiger partial charge in [-0.1, -0.05) is 20.8 Å². The molecule has 0 aromatic heterocycles. The van der Waals surface area contributed by atoms with E-state index in [0.29, 0.717) is 16.3 Å². The van der Waals surface area contributed by atoms with Gasteiger partial charge < -0.3 is 10.5 Å². The van der Waals surface area contributed by atoms with Crippen LogP contribution in [0.5, 0.6) is 5.75 Å². The molecule has 0 fully saturated rings. The van der Waals surface area contributed by atoms with Crippen LogP contribution >= 0.6 is 0 Å². The molecule has 90 valence electrons. The third-order valence-corrected chi connectivity index (χ3v) is 3.39. The topological polar surface area (TPSA) is 52.3 Å². The first-order valence-corrected chi connectivity index (χ1v) is 6.64. The van der Waals surface area contributed by atoms with Gasteiger partial charge >= 0.3 is 0 Å². The van der Waals surface area contributed by atoms with Crippen molar-refractivity contribution in [3.8, 4) is 5.75 Å². The van der Waals surface area contributed by atoms with Gasteiger partial charge in [-0.2, -0.15) is 0 Å². The van der Waals surface area contributed by atoms with E-state index in [1.54, 1.807) is 13.4 Å². The highest BCUT2D eigenvalue weighted by atomic mass is 32.2. The monoisotopic (exact) mass is 241 g/mol. The summed E-state index contributed by atoms with van der Waals surface area (Å²) in [5.41, 5.74) is 7.50. The number of hydrogen-bond acceptors (Lipinski definition) is 3. The zero-order chi connectivity index (χ0) is 12.5. The van der Waals surface area contributed by atoms with Gasteiger partial charge in [-0.3, -0.25) is 4.21 Å². The van der Waals surface area contributed by atoms with Gasteiger partial charge in [0.2, 0.25) is 0 Å². The Labute approximate surface area is 99.4 Å². The van der Waals surface area contributed by atoms with E-state index in [0.717, 1.165) is 5.56 Å². The number of nitrogen functional groups attached to an aromatic ring is 1. The normalized spacial score (nSPS) is 13.6. The lowest BCUT2D eigenvalue weighted by atomic mass is 9.87. The number of nitrogens with two attached hydrogens (primary N) is 1. The molecule has 1 atom stereocenters. The standard InChI is InChI=1S/C12H19NO2S/c1-12(2,3)8-6-9(13)11(15-4)10(7-8)16(5)14/h6-7H,13H2,1-5H3/t16-/m0/s1. The first-order valence-electron chi connectivity index (χ1n) is 5.08. The van der Waals surface area contributed by atoms with Crippen molar-refractivity contribution in [1.82, 2.24) is 0 Å². The van der Waals surface area contributed by atoms with Crippen molar-refractivity contribution in [1.29, 1.82) is 0 Å². The van der Waals surface area contributed by atoms with Gasteiger partial charge in [0.15, 0.2) is 5.75 Å². The fraction of sp³-hybridized carbons (Fsp3) is 0.500. The molecule has 0 spiro atoms. The number of benzene rings is 1. The molecule has 2 N–H and O–H groups in total. The van der Waals surface area contributed by atoms with Gasteiger partial charge in [-0.05, 0) is 23.1 Å². The minimum atomic E-state index is -1.10. The van der Waals surface area contributed by atoms with Crippen molar-refractivity contribution in [2.24, 2.45) is 0 Å². The van der Waals surface area contributed by atoms with Gasteiger partial charge in [0, 0.05) is 6.26 Å². The van der Waals surface area contributed by atoms with Crippen molar-refractivity contribution in [3.05, 3.63) is 17.7 Å². The first-order chi connectivity index (χ1) is 7.27. The molecule has 16 heavy (non-hydrogen) atoms.